The lowest BCUT2D eigenvalue weighted by Crippen LogP contribution is -2.12. The number of benzene rings is 3. The SMILES string of the molecule is CCc1ccc(-n2nc(-c3nc4ccccc4s3)c(N)c2C(=O)c2ccc(Br)cc2)cc1. The van der Waals surface area contributed by atoms with Crippen LogP contribution < -0.4 is 5.73 Å². The van der Waals surface area contributed by atoms with Gasteiger partial charge in [0.1, 0.15) is 16.4 Å². The lowest BCUT2D eigenvalue weighted by Gasteiger charge is -2.08. The summed E-state index contributed by atoms with van der Waals surface area (Å²) in [6, 6.07) is 23.1. The Bertz CT molecular complexity index is 1400. The summed E-state index contributed by atoms with van der Waals surface area (Å²) >= 11 is 4.93. The van der Waals surface area contributed by atoms with E-state index in [-0.39, 0.29) is 5.78 Å². The van der Waals surface area contributed by atoms with E-state index in [1.54, 1.807) is 16.8 Å². The lowest BCUT2D eigenvalue weighted by molar-refractivity contribution is 0.103. The van der Waals surface area contributed by atoms with E-state index in [1.807, 2.05) is 60.7 Å². The molecule has 2 N–H and O–H groups in total. The fourth-order valence-corrected chi connectivity index (χ4v) is 4.81. The highest BCUT2D eigenvalue weighted by atomic mass is 79.9. The summed E-state index contributed by atoms with van der Waals surface area (Å²) < 4.78 is 3.59. The number of ketones is 1. The smallest absolute Gasteiger partial charge is 0.213 e. The van der Waals surface area contributed by atoms with Crippen LogP contribution >= 0.6 is 27.3 Å². The van der Waals surface area contributed by atoms with Gasteiger partial charge >= 0.3 is 0 Å². The maximum atomic E-state index is 13.5. The first-order valence-corrected chi connectivity index (χ1v) is 11.8. The second kappa shape index (κ2) is 8.33. The molecule has 2 heterocycles. The molecule has 32 heavy (non-hydrogen) atoms. The van der Waals surface area contributed by atoms with Crippen LogP contribution in [0.15, 0.2) is 77.3 Å². The van der Waals surface area contributed by atoms with E-state index in [1.165, 1.54) is 16.9 Å². The average molecular weight is 503 g/mol. The Morgan fingerprint density at radius 1 is 1.03 bits per heavy atom. The molecule has 5 nitrogen and oxygen atoms in total. The van der Waals surface area contributed by atoms with Crippen molar-refractivity contribution in [3.63, 3.8) is 0 Å². The summed E-state index contributed by atoms with van der Waals surface area (Å²) in [6.45, 7) is 2.11. The largest absolute Gasteiger partial charge is 0.395 e. The molecular formula is C25H19BrN4OS. The van der Waals surface area contributed by atoms with Crippen LogP contribution in [0.2, 0.25) is 0 Å². The minimum atomic E-state index is -0.186. The first kappa shape index (κ1) is 20.6. The number of rotatable bonds is 5. The highest BCUT2D eigenvalue weighted by Gasteiger charge is 2.26. The Morgan fingerprint density at radius 3 is 2.44 bits per heavy atom. The van der Waals surface area contributed by atoms with Gasteiger partial charge in [-0.25, -0.2) is 9.67 Å². The molecule has 0 radical (unpaired) electrons. The van der Waals surface area contributed by atoms with Gasteiger partial charge in [0.2, 0.25) is 5.78 Å². The number of hydrogen-bond donors (Lipinski definition) is 1. The number of nitrogens with two attached hydrogens (primary N) is 1. The normalized spacial score (nSPS) is 11.2. The molecule has 0 unspecified atom stereocenters. The van der Waals surface area contributed by atoms with Crippen molar-refractivity contribution in [2.24, 2.45) is 0 Å². The van der Waals surface area contributed by atoms with Gasteiger partial charge in [-0.2, -0.15) is 5.10 Å². The monoisotopic (exact) mass is 502 g/mol. The molecule has 5 aromatic rings. The van der Waals surface area contributed by atoms with E-state index in [2.05, 4.69) is 22.9 Å². The average Bonchev–Trinajstić information content (AvgIpc) is 3.40. The van der Waals surface area contributed by atoms with Gasteiger partial charge in [0, 0.05) is 10.0 Å². The molecule has 0 amide bonds. The van der Waals surface area contributed by atoms with Crippen LogP contribution in [-0.4, -0.2) is 20.5 Å². The number of fused-ring (bicyclic) bond motifs is 1. The van der Waals surface area contributed by atoms with Crippen LogP contribution in [0.3, 0.4) is 0 Å². The van der Waals surface area contributed by atoms with Gasteiger partial charge < -0.3 is 5.73 Å². The van der Waals surface area contributed by atoms with Gasteiger partial charge in [0.15, 0.2) is 0 Å². The van der Waals surface area contributed by atoms with Crippen molar-refractivity contribution in [2.45, 2.75) is 13.3 Å². The van der Waals surface area contributed by atoms with Gasteiger partial charge in [0.05, 0.1) is 21.6 Å². The zero-order valence-corrected chi connectivity index (χ0v) is 19.7. The van der Waals surface area contributed by atoms with Crippen LogP contribution in [0.25, 0.3) is 26.6 Å². The number of carbonyl (C=O) groups is 1. The Labute approximate surface area is 197 Å². The highest BCUT2D eigenvalue weighted by Crippen LogP contribution is 2.36. The van der Waals surface area contributed by atoms with Crippen LogP contribution in [0, 0.1) is 0 Å². The minimum Gasteiger partial charge on any atom is -0.395 e. The molecule has 0 fully saturated rings. The Kier molecular flexibility index (Phi) is 5.36. The van der Waals surface area contributed by atoms with Crippen LogP contribution in [0.4, 0.5) is 5.69 Å². The predicted octanol–water partition coefficient (Wildman–Crippen LogP) is 6.29. The third-order valence-electron chi connectivity index (χ3n) is 5.33. The van der Waals surface area contributed by atoms with Gasteiger partial charge in [-0.3, -0.25) is 4.79 Å². The number of halogens is 1. The Morgan fingerprint density at radius 2 is 1.75 bits per heavy atom. The van der Waals surface area contributed by atoms with Gasteiger partial charge in [0.25, 0.3) is 0 Å². The molecule has 3 aromatic carbocycles. The first-order chi connectivity index (χ1) is 15.5. The van der Waals surface area contributed by atoms with Gasteiger partial charge in [-0.15, -0.1) is 11.3 Å². The highest BCUT2D eigenvalue weighted by molar-refractivity contribution is 9.10. The molecule has 0 aliphatic heterocycles. The molecule has 0 atom stereocenters. The predicted molar refractivity (Wildman–Crippen MR) is 134 cm³/mol. The van der Waals surface area contributed by atoms with Crippen molar-refractivity contribution in [3.8, 4) is 16.4 Å². The number of nitrogens with zero attached hydrogens (tertiary/aromatic N) is 3. The topological polar surface area (TPSA) is 73.8 Å². The number of anilines is 1. The van der Waals surface area contributed by atoms with Crippen molar-refractivity contribution < 1.29 is 4.79 Å². The maximum Gasteiger partial charge on any atom is 0.213 e. The molecule has 158 valence electrons. The third-order valence-corrected chi connectivity index (χ3v) is 6.90. The van der Waals surface area contributed by atoms with Gasteiger partial charge in [-0.05, 0) is 60.5 Å². The zero-order chi connectivity index (χ0) is 22.2. The second-order valence-corrected chi connectivity index (χ2v) is 9.31. The number of aryl methyl sites for hydroxylation is 1. The van der Waals surface area contributed by atoms with E-state index in [9.17, 15) is 4.79 Å². The molecule has 0 saturated carbocycles. The van der Waals surface area contributed by atoms with E-state index in [4.69, 9.17) is 15.8 Å². The number of nitrogen functional groups attached to an aromatic ring is 1. The van der Waals surface area contributed by atoms with E-state index in [0.717, 1.165) is 26.8 Å². The number of hydrogen-bond acceptors (Lipinski definition) is 5. The maximum absolute atomic E-state index is 13.5. The number of thiazole rings is 1. The molecule has 5 rings (SSSR count). The quantitative estimate of drug-likeness (QED) is 0.286. The summed E-state index contributed by atoms with van der Waals surface area (Å²) in [5.41, 5.74) is 11.2. The molecule has 2 aromatic heterocycles. The third kappa shape index (κ3) is 3.63. The van der Waals surface area contributed by atoms with E-state index in [0.29, 0.717) is 27.6 Å². The van der Waals surface area contributed by atoms with Crippen molar-refractivity contribution >= 4 is 49.0 Å². The first-order valence-electron chi connectivity index (χ1n) is 10.2. The number of para-hydroxylation sites is 1. The molecular weight excluding hydrogens is 484 g/mol. The van der Waals surface area contributed by atoms with Crippen LogP contribution in [0.1, 0.15) is 28.5 Å². The van der Waals surface area contributed by atoms with Gasteiger partial charge in [-0.1, -0.05) is 47.1 Å². The summed E-state index contributed by atoms with van der Waals surface area (Å²) in [5, 5.41) is 5.47. The molecule has 0 aliphatic carbocycles. The van der Waals surface area contributed by atoms with Crippen molar-refractivity contribution in [1.82, 2.24) is 14.8 Å². The number of carbonyl (C=O) groups excluding carboxylic acids is 1. The van der Waals surface area contributed by atoms with Crippen molar-refractivity contribution in [2.75, 3.05) is 5.73 Å². The second-order valence-electron chi connectivity index (χ2n) is 7.37. The summed E-state index contributed by atoms with van der Waals surface area (Å²) in [6.07, 6.45) is 0.934. The Hall–Kier alpha value is -3.29. The van der Waals surface area contributed by atoms with Crippen LogP contribution in [-0.2, 0) is 6.42 Å². The van der Waals surface area contributed by atoms with E-state index >= 15 is 0 Å². The summed E-state index contributed by atoms with van der Waals surface area (Å²) in [7, 11) is 0. The number of aromatic nitrogens is 3. The molecule has 7 heteroatoms. The molecule has 0 bridgehead atoms. The zero-order valence-electron chi connectivity index (χ0n) is 17.2. The standard InChI is InChI=1S/C25H19BrN4OS/c1-2-15-7-13-18(14-8-15)30-23(24(31)16-9-11-17(26)12-10-16)21(27)22(29-30)25-28-19-5-3-4-6-20(19)32-25/h3-14H,2,27H2,1H3. The molecule has 0 saturated heterocycles. The lowest BCUT2D eigenvalue weighted by atomic mass is 10.1. The molecule has 0 spiro atoms. The van der Waals surface area contributed by atoms with Crippen molar-refractivity contribution in [3.05, 3.63) is 94.1 Å². The van der Waals surface area contributed by atoms with Crippen molar-refractivity contribution in [1.29, 1.82) is 0 Å². The minimum absolute atomic E-state index is 0.186. The fourth-order valence-electron chi connectivity index (χ4n) is 3.58. The summed E-state index contributed by atoms with van der Waals surface area (Å²) in [5.74, 6) is -0.186. The van der Waals surface area contributed by atoms with Crippen LogP contribution in [0.5, 0.6) is 0 Å². The fraction of sp³-hybridized carbons (Fsp3) is 0.0800. The summed E-state index contributed by atoms with van der Waals surface area (Å²) in [4.78, 5) is 18.2. The molecule has 0 aliphatic rings. The van der Waals surface area contributed by atoms with E-state index < -0.39 is 0 Å². The Balaban J connectivity index is 1.70.